The molecule has 1 spiro atoms. The molecular weight excluding hydrogens is 418 g/mol. The summed E-state index contributed by atoms with van der Waals surface area (Å²) in [5.41, 5.74) is 1.50. The summed E-state index contributed by atoms with van der Waals surface area (Å²) in [4.78, 5) is 18.9. The van der Waals surface area contributed by atoms with Crippen molar-refractivity contribution in [2.24, 2.45) is 11.3 Å². The van der Waals surface area contributed by atoms with Crippen LogP contribution in [0.2, 0.25) is 0 Å². The summed E-state index contributed by atoms with van der Waals surface area (Å²) in [7, 11) is 0. The van der Waals surface area contributed by atoms with Gasteiger partial charge in [-0.1, -0.05) is 18.2 Å². The number of nitrogens with one attached hydrogen (secondary N) is 1. The van der Waals surface area contributed by atoms with E-state index in [2.05, 4.69) is 29.0 Å². The molecule has 2 N–H and O–H groups in total. The maximum atomic E-state index is 12.4. The molecule has 5 rings (SSSR count). The Kier molecular flexibility index (Phi) is 5.79. The van der Waals surface area contributed by atoms with Crippen molar-refractivity contribution in [1.29, 1.82) is 0 Å². The third-order valence-electron chi connectivity index (χ3n) is 7.65. The molecule has 33 heavy (non-hydrogen) atoms. The minimum Gasteiger partial charge on any atom is -0.504 e. The van der Waals surface area contributed by atoms with E-state index in [1.807, 2.05) is 30.3 Å². The zero-order valence-corrected chi connectivity index (χ0v) is 19.4. The van der Waals surface area contributed by atoms with Crippen molar-refractivity contribution in [3.8, 4) is 11.5 Å². The maximum Gasteiger partial charge on any atom is 0.234 e. The first kappa shape index (κ1) is 22.2. The van der Waals surface area contributed by atoms with Crippen LogP contribution in [0.1, 0.15) is 50.5 Å². The van der Waals surface area contributed by atoms with E-state index in [9.17, 15) is 9.90 Å². The molecule has 2 saturated heterocycles. The van der Waals surface area contributed by atoms with Gasteiger partial charge in [-0.2, -0.15) is 0 Å². The van der Waals surface area contributed by atoms with Gasteiger partial charge >= 0.3 is 0 Å². The number of rotatable bonds is 4. The van der Waals surface area contributed by atoms with Crippen LogP contribution in [0.15, 0.2) is 42.6 Å². The number of hydrogen-bond acceptors (Lipinski definition) is 6. The molecule has 0 saturated carbocycles. The van der Waals surface area contributed by atoms with Crippen molar-refractivity contribution in [1.82, 2.24) is 15.2 Å². The number of amides is 1. The predicted octanol–water partition coefficient (Wildman–Crippen LogP) is 3.43. The normalized spacial score (nSPS) is 25.5. The first-order valence-corrected chi connectivity index (χ1v) is 11.9. The van der Waals surface area contributed by atoms with Gasteiger partial charge in [-0.15, -0.1) is 0 Å². The summed E-state index contributed by atoms with van der Waals surface area (Å²) in [5, 5.41) is 13.3. The van der Waals surface area contributed by atoms with Gasteiger partial charge in [0.25, 0.3) is 0 Å². The van der Waals surface area contributed by atoms with Gasteiger partial charge in [0, 0.05) is 17.7 Å². The van der Waals surface area contributed by atoms with Crippen LogP contribution in [0.3, 0.4) is 0 Å². The topological polar surface area (TPSA) is 83.9 Å². The molecule has 7 heteroatoms. The number of para-hydroxylation sites is 1. The van der Waals surface area contributed by atoms with E-state index in [1.165, 1.54) is 0 Å². The number of benzene rings is 1. The van der Waals surface area contributed by atoms with Crippen LogP contribution in [0.4, 0.5) is 0 Å². The fourth-order valence-corrected chi connectivity index (χ4v) is 5.63. The average Bonchev–Trinajstić information content (AvgIpc) is 2.81. The quantitative estimate of drug-likeness (QED) is 0.741. The van der Waals surface area contributed by atoms with E-state index in [4.69, 9.17) is 9.47 Å². The Morgan fingerprint density at radius 1 is 1.21 bits per heavy atom. The van der Waals surface area contributed by atoms with E-state index >= 15 is 0 Å². The number of phenols is 1. The molecule has 3 aliphatic rings. The van der Waals surface area contributed by atoms with Crippen molar-refractivity contribution >= 4 is 5.91 Å². The molecular formula is C26H33N3O4. The molecule has 2 atom stereocenters. The standard InChI is InChI=1S/C26H33N3O4/c1-25(2)20-14-26(17-32-23(20)19-7-5-8-21(30)24(19)33-25)9-12-29(13-10-26)16-22(31)28-15-18-6-3-4-11-27-18/h3-8,11,20,23,30H,9-10,12-17H2,1-2H3,(H,28,31)/t20-,23+/m0/s1. The molecule has 0 radical (unpaired) electrons. The van der Waals surface area contributed by atoms with E-state index in [1.54, 1.807) is 12.3 Å². The first-order valence-electron chi connectivity index (χ1n) is 11.9. The second kappa shape index (κ2) is 8.61. The van der Waals surface area contributed by atoms with Crippen molar-refractivity contribution in [2.45, 2.75) is 51.4 Å². The SMILES string of the molecule is CC1(C)Oc2c(O)cccc2[C@H]2OCC3(CCN(CC(=O)NCc4ccccn4)CC3)C[C@@H]21. The zero-order chi connectivity index (χ0) is 23.1. The second-order valence-corrected chi connectivity index (χ2v) is 10.3. The van der Waals surface area contributed by atoms with E-state index in [0.29, 0.717) is 25.4 Å². The third-order valence-corrected chi connectivity index (χ3v) is 7.65. The Morgan fingerprint density at radius 2 is 2.03 bits per heavy atom. The Morgan fingerprint density at radius 3 is 2.79 bits per heavy atom. The van der Waals surface area contributed by atoms with Crippen molar-refractivity contribution < 1.29 is 19.4 Å². The fourth-order valence-electron chi connectivity index (χ4n) is 5.63. The van der Waals surface area contributed by atoms with Crippen LogP contribution < -0.4 is 10.1 Å². The average molecular weight is 452 g/mol. The van der Waals surface area contributed by atoms with Crippen LogP contribution in [0, 0.1) is 11.3 Å². The number of nitrogens with zero attached hydrogens (tertiary/aromatic N) is 2. The monoisotopic (exact) mass is 451 g/mol. The smallest absolute Gasteiger partial charge is 0.234 e. The number of phenolic OH excluding ortho intramolecular Hbond substituents is 1. The lowest BCUT2D eigenvalue weighted by Crippen LogP contribution is -2.54. The van der Waals surface area contributed by atoms with Crippen molar-refractivity contribution in [2.75, 3.05) is 26.2 Å². The number of hydrogen-bond donors (Lipinski definition) is 2. The molecule has 0 aliphatic carbocycles. The molecule has 1 aromatic carbocycles. The summed E-state index contributed by atoms with van der Waals surface area (Å²) in [6, 6.07) is 11.2. The van der Waals surface area contributed by atoms with Crippen LogP contribution in [-0.2, 0) is 16.1 Å². The molecule has 1 amide bonds. The van der Waals surface area contributed by atoms with E-state index < -0.39 is 5.60 Å². The molecule has 1 aromatic heterocycles. The summed E-state index contributed by atoms with van der Waals surface area (Å²) in [6.07, 6.45) is 4.72. The van der Waals surface area contributed by atoms with Gasteiger partial charge < -0.3 is 19.9 Å². The number of aromatic nitrogens is 1. The Hall–Kier alpha value is -2.64. The van der Waals surface area contributed by atoms with Gasteiger partial charge in [-0.25, -0.2) is 0 Å². The number of ether oxygens (including phenoxy) is 2. The highest BCUT2D eigenvalue weighted by atomic mass is 16.5. The molecule has 176 valence electrons. The van der Waals surface area contributed by atoms with Crippen LogP contribution >= 0.6 is 0 Å². The highest BCUT2D eigenvalue weighted by Crippen LogP contribution is 2.56. The number of fused-ring (bicyclic) bond motifs is 3. The second-order valence-electron chi connectivity index (χ2n) is 10.3. The van der Waals surface area contributed by atoms with E-state index in [0.717, 1.165) is 43.6 Å². The Labute approximate surface area is 195 Å². The molecule has 2 fully saturated rings. The third kappa shape index (κ3) is 4.44. The van der Waals surface area contributed by atoms with E-state index in [-0.39, 0.29) is 29.1 Å². The predicted molar refractivity (Wildman–Crippen MR) is 124 cm³/mol. The minimum absolute atomic E-state index is 0.0368. The molecule has 2 aromatic rings. The molecule has 7 nitrogen and oxygen atoms in total. The van der Waals surface area contributed by atoms with Gasteiger partial charge in [0.05, 0.1) is 31.5 Å². The lowest BCUT2D eigenvalue weighted by atomic mass is 9.64. The van der Waals surface area contributed by atoms with Gasteiger partial charge in [0.2, 0.25) is 5.91 Å². The lowest BCUT2D eigenvalue weighted by Gasteiger charge is -2.54. The number of carbonyl (C=O) groups is 1. The highest BCUT2D eigenvalue weighted by Gasteiger charge is 2.53. The van der Waals surface area contributed by atoms with Crippen molar-refractivity contribution in [3.63, 3.8) is 0 Å². The summed E-state index contributed by atoms with van der Waals surface area (Å²) < 4.78 is 12.8. The molecule has 0 unspecified atom stereocenters. The highest BCUT2D eigenvalue weighted by molar-refractivity contribution is 5.77. The van der Waals surface area contributed by atoms with Gasteiger partial charge in [-0.3, -0.25) is 14.7 Å². The largest absolute Gasteiger partial charge is 0.504 e. The number of carbonyl (C=O) groups excluding carboxylic acids is 1. The van der Waals surface area contributed by atoms with Crippen LogP contribution in [-0.4, -0.2) is 52.7 Å². The first-order chi connectivity index (χ1) is 15.9. The minimum atomic E-state index is -0.424. The van der Waals surface area contributed by atoms with Crippen molar-refractivity contribution in [3.05, 3.63) is 53.9 Å². The number of aromatic hydroxyl groups is 1. The number of likely N-dealkylation sites (tertiary alicyclic amines) is 1. The summed E-state index contributed by atoms with van der Waals surface area (Å²) in [6.45, 7) is 7.55. The lowest BCUT2D eigenvalue weighted by molar-refractivity contribution is -0.174. The summed E-state index contributed by atoms with van der Waals surface area (Å²) in [5.74, 6) is 0.993. The molecule has 4 heterocycles. The number of piperidine rings is 1. The molecule has 0 bridgehead atoms. The van der Waals surface area contributed by atoms with Crippen LogP contribution in [0.5, 0.6) is 11.5 Å². The zero-order valence-electron chi connectivity index (χ0n) is 19.4. The van der Waals surface area contributed by atoms with Gasteiger partial charge in [-0.05, 0) is 69.8 Å². The Balaban J connectivity index is 1.18. The summed E-state index contributed by atoms with van der Waals surface area (Å²) >= 11 is 0. The van der Waals surface area contributed by atoms with Gasteiger partial charge in [0.1, 0.15) is 5.60 Å². The van der Waals surface area contributed by atoms with Gasteiger partial charge in [0.15, 0.2) is 11.5 Å². The Bertz CT molecular complexity index is 1000. The fraction of sp³-hybridized carbons (Fsp3) is 0.538. The molecule has 3 aliphatic heterocycles. The maximum absolute atomic E-state index is 12.4. The number of pyridine rings is 1. The van der Waals surface area contributed by atoms with Crippen LogP contribution in [0.25, 0.3) is 0 Å².